The summed E-state index contributed by atoms with van der Waals surface area (Å²) < 4.78 is 11.2. The summed E-state index contributed by atoms with van der Waals surface area (Å²) in [6, 6.07) is -0.859. The van der Waals surface area contributed by atoms with E-state index >= 15 is 0 Å². The lowest BCUT2D eigenvalue weighted by Gasteiger charge is -2.40. The van der Waals surface area contributed by atoms with Crippen LogP contribution in [0.2, 0.25) is 0 Å². The minimum Gasteiger partial charge on any atom is -0.394 e. The summed E-state index contributed by atoms with van der Waals surface area (Å²) in [5, 5.41) is 54.1. The molecule has 0 aliphatic carbocycles. The zero-order valence-electron chi connectivity index (χ0n) is 37.9. The first kappa shape index (κ1) is 55.9. The average molecular weight is 852 g/mol. The van der Waals surface area contributed by atoms with Gasteiger partial charge in [-0.05, 0) is 83.5 Å². The molecule has 6 N–H and O–H groups in total. The molecule has 0 radical (unpaired) electrons. The van der Waals surface area contributed by atoms with Crippen LogP contribution in [0.15, 0.2) is 109 Å². The molecule has 1 aliphatic heterocycles. The fourth-order valence-corrected chi connectivity index (χ4v) is 6.57. The van der Waals surface area contributed by atoms with E-state index in [0.717, 1.165) is 70.6 Å². The molecule has 7 atom stereocenters. The lowest BCUT2D eigenvalue weighted by molar-refractivity contribution is -0.302. The molecule has 346 valence electrons. The second-order valence-corrected chi connectivity index (χ2v) is 15.8. The number of hydrogen-bond donors (Lipinski definition) is 6. The number of ether oxygens (including phenoxy) is 2. The summed E-state index contributed by atoms with van der Waals surface area (Å²) >= 11 is 0. The Bertz CT molecular complexity index is 1310. The number of aliphatic hydroxyl groups excluding tert-OH is 5. The monoisotopic (exact) mass is 852 g/mol. The highest BCUT2D eigenvalue weighted by Gasteiger charge is 2.44. The van der Waals surface area contributed by atoms with Gasteiger partial charge in [0.1, 0.15) is 24.4 Å². The molecule has 1 saturated heterocycles. The van der Waals surface area contributed by atoms with Crippen LogP contribution in [-0.2, 0) is 14.3 Å². The lowest BCUT2D eigenvalue weighted by atomic mass is 9.99. The van der Waals surface area contributed by atoms with Crippen molar-refractivity contribution in [3.05, 3.63) is 109 Å². The number of nitrogens with one attached hydrogen (secondary N) is 1. The van der Waals surface area contributed by atoms with Gasteiger partial charge in [0.05, 0.1) is 25.4 Å². The van der Waals surface area contributed by atoms with E-state index in [9.17, 15) is 30.3 Å². The second kappa shape index (κ2) is 40.9. The largest absolute Gasteiger partial charge is 0.394 e. The Balaban J connectivity index is 2.43. The van der Waals surface area contributed by atoms with E-state index in [2.05, 4.69) is 116 Å². The molecule has 1 aliphatic rings. The maximum Gasteiger partial charge on any atom is 0.220 e. The summed E-state index contributed by atoms with van der Waals surface area (Å²) in [5.41, 5.74) is 0. The predicted octanol–water partition coefficient (Wildman–Crippen LogP) is 10.3. The summed E-state index contributed by atoms with van der Waals surface area (Å²) in [7, 11) is 0. The number of unbranched alkanes of at least 4 members (excludes halogenated alkanes) is 11. The van der Waals surface area contributed by atoms with E-state index in [0.29, 0.717) is 6.42 Å². The quantitative estimate of drug-likeness (QED) is 0.0267. The number of rotatable bonds is 37. The molecule has 61 heavy (non-hydrogen) atoms. The number of carbonyl (C=O) groups excluding carboxylic acids is 1. The highest BCUT2D eigenvalue weighted by molar-refractivity contribution is 5.76. The molecule has 1 rings (SSSR count). The Morgan fingerprint density at radius 3 is 1.57 bits per heavy atom. The summed E-state index contributed by atoms with van der Waals surface area (Å²) in [4.78, 5) is 12.9. The van der Waals surface area contributed by atoms with Crippen molar-refractivity contribution in [1.82, 2.24) is 5.32 Å². The third-order valence-electron chi connectivity index (χ3n) is 10.3. The van der Waals surface area contributed by atoms with Crippen molar-refractivity contribution in [2.45, 2.75) is 198 Å². The third-order valence-corrected chi connectivity index (χ3v) is 10.3. The number of aliphatic hydroxyl groups is 5. The third kappa shape index (κ3) is 31.4. The van der Waals surface area contributed by atoms with Crippen molar-refractivity contribution in [3.8, 4) is 0 Å². The molecule has 9 heteroatoms. The fraction of sp³-hybridized carbons (Fsp3) is 0.635. The van der Waals surface area contributed by atoms with Crippen LogP contribution in [0.4, 0.5) is 0 Å². The van der Waals surface area contributed by atoms with Gasteiger partial charge in [-0.2, -0.15) is 0 Å². The zero-order valence-corrected chi connectivity index (χ0v) is 37.9. The molecule has 1 heterocycles. The zero-order chi connectivity index (χ0) is 44.4. The smallest absolute Gasteiger partial charge is 0.220 e. The molecule has 0 aromatic carbocycles. The van der Waals surface area contributed by atoms with E-state index in [1.54, 1.807) is 6.08 Å². The number of allylic oxidation sites excluding steroid dienone is 17. The standard InChI is InChI=1S/C52H85NO8/c1-3-5-7-9-11-13-15-17-19-20-21-22-23-24-25-26-28-30-32-34-36-38-40-42-48(56)53-45(44-60-52-51(59)50(58)49(57)47(43-54)61-52)46(55)41-39-37-35-33-31-29-27-18-16-14-12-10-8-6-4-2/h5,7,11,13,17,19,21-22,24-25,28,30-31,33-34,36,39,41,45-47,49-52,54-55,57-59H,3-4,6,8-10,12,14-16,18,20,23,26-27,29,32,35,37-38,40,42-44H2,1-2H3,(H,53,56)/b7-5-,13-11-,19-17-,22-21-,25-24-,30-28-,33-31+,36-34-,41-39+. The van der Waals surface area contributed by atoms with Gasteiger partial charge in [-0.15, -0.1) is 0 Å². The van der Waals surface area contributed by atoms with Crippen molar-refractivity contribution in [3.63, 3.8) is 0 Å². The van der Waals surface area contributed by atoms with Crippen molar-refractivity contribution >= 4 is 5.91 Å². The number of carbonyl (C=O) groups is 1. The van der Waals surface area contributed by atoms with E-state index in [1.165, 1.54) is 57.8 Å². The first-order valence-corrected chi connectivity index (χ1v) is 23.6. The predicted molar refractivity (Wildman–Crippen MR) is 253 cm³/mol. The Kier molecular flexibility index (Phi) is 37.5. The first-order valence-electron chi connectivity index (χ1n) is 23.6. The molecule has 0 saturated carbocycles. The van der Waals surface area contributed by atoms with Gasteiger partial charge in [0, 0.05) is 6.42 Å². The summed E-state index contributed by atoms with van der Waals surface area (Å²) in [6.07, 6.45) is 52.8. The van der Waals surface area contributed by atoms with Crippen LogP contribution in [0.5, 0.6) is 0 Å². The Morgan fingerprint density at radius 1 is 0.574 bits per heavy atom. The topological polar surface area (TPSA) is 149 Å². The minimum absolute atomic E-state index is 0.232. The van der Waals surface area contributed by atoms with Crippen LogP contribution in [0.3, 0.4) is 0 Å². The van der Waals surface area contributed by atoms with Crippen molar-refractivity contribution in [2.24, 2.45) is 0 Å². The first-order chi connectivity index (χ1) is 29.8. The van der Waals surface area contributed by atoms with Crippen LogP contribution < -0.4 is 5.32 Å². The van der Waals surface area contributed by atoms with E-state index in [1.807, 2.05) is 6.08 Å². The van der Waals surface area contributed by atoms with Gasteiger partial charge in [0.15, 0.2) is 6.29 Å². The number of hydrogen-bond acceptors (Lipinski definition) is 8. The highest BCUT2D eigenvalue weighted by Crippen LogP contribution is 2.22. The van der Waals surface area contributed by atoms with Crippen molar-refractivity contribution in [2.75, 3.05) is 13.2 Å². The van der Waals surface area contributed by atoms with Gasteiger partial charge in [-0.25, -0.2) is 0 Å². The van der Waals surface area contributed by atoms with Gasteiger partial charge >= 0.3 is 0 Å². The maximum absolute atomic E-state index is 12.9. The van der Waals surface area contributed by atoms with E-state index in [4.69, 9.17) is 9.47 Å². The lowest BCUT2D eigenvalue weighted by Crippen LogP contribution is -2.60. The van der Waals surface area contributed by atoms with Gasteiger partial charge in [0.25, 0.3) is 0 Å². The normalized spacial score (nSPS) is 21.5. The van der Waals surface area contributed by atoms with Crippen molar-refractivity contribution in [1.29, 1.82) is 0 Å². The molecule has 1 fully saturated rings. The van der Waals surface area contributed by atoms with E-state index < -0.39 is 49.5 Å². The van der Waals surface area contributed by atoms with Crippen molar-refractivity contribution < 1.29 is 39.8 Å². The molecule has 9 nitrogen and oxygen atoms in total. The van der Waals surface area contributed by atoms with Crippen LogP contribution in [0.1, 0.15) is 155 Å². The Morgan fingerprint density at radius 2 is 1.03 bits per heavy atom. The van der Waals surface area contributed by atoms with E-state index in [-0.39, 0.29) is 18.9 Å². The minimum atomic E-state index is -1.59. The Labute approximate surface area is 370 Å². The second-order valence-electron chi connectivity index (χ2n) is 15.8. The van der Waals surface area contributed by atoms with Crippen LogP contribution in [0, 0.1) is 0 Å². The van der Waals surface area contributed by atoms with Crippen LogP contribution in [-0.4, -0.2) is 87.5 Å². The molecular weight excluding hydrogens is 767 g/mol. The summed E-state index contributed by atoms with van der Waals surface area (Å²) in [6.45, 7) is 3.58. The number of amides is 1. The molecule has 0 aromatic rings. The van der Waals surface area contributed by atoms with Gasteiger partial charge < -0.3 is 40.3 Å². The van der Waals surface area contributed by atoms with Gasteiger partial charge in [-0.1, -0.05) is 175 Å². The highest BCUT2D eigenvalue weighted by atomic mass is 16.7. The Hall–Kier alpha value is -3.15. The van der Waals surface area contributed by atoms with Crippen LogP contribution >= 0.6 is 0 Å². The molecule has 1 amide bonds. The molecule has 7 unspecified atom stereocenters. The average Bonchev–Trinajstić information content (AvgIpc) is 3.26. The fourth-order valence-electron chi connectivity index (χ4n) is 6.57. The molecule has 0 bridgehead atoms. The molecule has 0 aromatic heterocycles. The summed E-state index contributed by atoms with van der Waals surface area (Å²) in [5.74, 6) is -0.250. The van der Waals surface area contributed by atoms with Gasteiger partial charge in [0.2, 0.25) is 5.91 Å². The van der Waals surface area contributed by atoms with Crippen LogP contribution in [0.25, 0.3) is 0 Å². The molecular formula is C52H85NO8. The maximum atomic E-state index is 12.9. The SMILES string of the molecule is CC/C=C\C/C=C\C/C=C\C/C=C\C/C=C\C/C=C\C/C=C\CCCC(=O)NC(COC1OC(CO)C(O)C(O)C1O)C(O)/C=C/CC/C=C/CCCCCCCCCCC. The molecule has 0 spiro atoms. The van der Waals surface area contributed by atoms with Gasteiger partial charge in [-0.3, -0.25) is 4.79 Å².